The Labute approximate surface area is 147 Å². The molecule has 0 aliphatic carbocycles. The van der Waals surface area contributed by atoms with Crippen LogP contribution in [0, 0.1) is 0 Å². The monoisotopic (exact) mass is 341 g/mol. The number of rotatable bonds is 2. The van der Waals surface area contributed by atoms with Crippen molar-refractivity contribution in [3.8, 4) is 5.75 Å². The lowest BCUT2D eigenvalue weighted by molar-refractivity contribution is 0.165. The summed E-state index contributed by atoms with van der Waals surface area (Å²) in [7, 11) is 0. The standard InChI is InChI=1S/C18H23N5O2/c24-18(22-9-7-14(8-10-22)23-13-19-12-20-23)21-16-5-3-11-25-17-6-2-1-4-15(16)17/h1-2,4,6,12-14,16H,3,5,7-11H2,(H,21,24)/t16-/m1/s1. The Kier molecular flexibility index (Phi) is 4.54. The van der Waals surface area contributed by atoms with Crippen molar-refractivity contribution in [2.75, 3.05) is 19.7 Å². The van der Waals surface area contributed by atoms with Gasteiger partial charge in [-0.05, 0) is 31.7 Å². The number of piperidine rings is 1. The molecule has 1 saturated heterocycles. The highest BCUT2D eigenvalue weighted by Gasteiger charge is 2.27. The van der Waals surface area contributed by atoms with E-state index in [2.05, 4.69) is 15.4 Å². The predicted octanol–water partition coefficient (Wildman–Crippen LogP) is 2.54. The van der Waals surface area contributed by atoms with E-state index >= 15 is 0 Å². The van der Waals surface area contributed by atoms with Crippen LogP contribution in [-0.2, 0) is 0 Å². The molecule has 1 N–H and O–H groups in total. The zero-order valence-electron chi connectivity index (χ0n) is 14.2. The quantitative estimate of drug-likeness (QED) is 0.911. The first kappa shape index (κ1) is 15.9. The van der Waals surface area contributed by atoms with Gasteiger partial charge in [-0.1, -0.05) is 18.2 Å². The number of fused-ring (bicyclic) bond motifs is 1. The molecule has 0 spiro atoms. The Hall–Kier alpha value is -2.57. The second-order valence-electron chi connectivity index (χ2n) is 6.62. The number of benzene rings is 1. The molecule has 0 unspecified atom stereocenters. The maximum Gasteiger partial charge on any atom is 0.317 e. The second kappa shape index (κ2) is 7.13. The number of likely N-dealkylation sites (tertiary alicyclic amines) is 1. The highest BCUT2D eigenvalue weighted by molar-refractivity contribution is 5.75. The van der Waals surface area contributed by atoms with Crippen molar-refractivity contribution in [1.82, 2.24) is 25.0 Å². The van der Waals surface area contributed by atoms with Crippen LogP contribution in [0.5, 0.6) is 5.75 Å². The number of nitrogens with zero attached hydrogens (tertiary/aromatic N) is 4. The highest BCUT2D eigenvalue weighted by Crippen LogP contribution is 2.31. The van der Waals surface area contributed by atoms with E-state index in [4.69, 9.17) is 4.74 Å². The van der Waals surface area contributed by atoms with Gasteiger partial charge < -0.3 is 15.0 Å². The fourth-order valence-electron chi connectivity index (χ4n) is 3.65. The van der Waals surface area contributed by atoms with Crippen molar-refractivity contribution >= 4 is 6.03 Å². The first-order chi connectivity index (χ1) is 12.3. The number of amides is 2. The molecule has 2 aliphatic rings. The number of hydrogen-bond donors (Lipinski definition) is 1. The molecule has 7 heteroatoms. The SMILES string of the molecule is O=C(N[C@@H]1CCCOc2ccccc21)N1CCC(n2cncn2)CC1. The van der Waals surface area contributed by atoms with Gasteiger partial charge in [0.05, 0.1) is 18.7 Å². The van der Waals surface area contributed by atoms with E-state index in [-0.39, 0.29) is 12.1 Å². The van der Waals surface area contributed by atoms with Crippen LogP contribution in [0.3, 0.4) is 0 Å². The Morgan fingerprint density at radius 2 is 2.04 bits per heavy atom. The van der Waals surface area contributed by atoms with Crippen molar-refractivity contribution in [2.45, 2.75) is 37.8 Å². The minimum absolute atomic E-state index is 0.0127. The largest absolute Gasteiger partial charge is 0.493 e. The van der Waals surface area contributed by atoms with Gasteiger partial charge in [0.15, 0.2) is 0 Å². The van der Waals surface area contributed by atoms with Crippen LogP contribution in [0.15, 0.2) is 36.9 Å². The van der Waals surface area contributed by atoms with Crippen LogP contribution >= 0.6 is 0 Å². The Balaban J connectivity index is 1.38. The molecular weight excluding hydrogens is 318 g/mol. The molecule has 0 bridgehead atoms. The van der Waals surface area contributed by atoms with E-state index in [0.717, 1.165) is 50.1 Å². The summed E-state index contributed by atoms with van der Waals surface area (Å²) >= 11 is 0. The summed E-state index contributed by atoms with van der Waals surface area (Å²) in [5.74, 6) is 0.884. The molecule has 1 fully saturated rings. The molecule has 0 radical (unpaired) electrons. The van der Waals surface area contributed by atoms with E-state index in [1.165, 1.54) is 0 Å². The van der Waals surface area contributed by atoms with Crippen molar-refractivity contribution in [1.29, 1.82) is 0 Å². The summed E-state index contributed by atoms with van der Waals surface area (Å²) in [6.45, 7) is 2.18. The number of nitrogens with one attached hydrogen (secondary N) is 1. The van der Waals surface area contributed by atoms with Crippen molar-refractivity contribution in [2.24, 2.45) is 0 Å². The minimum Gasteiger partial charge on any atom is -0.493 e. The van der Waals surface area contributed by atoms with Crippen LogP contribution in [-0.4, -0.2) is 45.4 Å². The number of hydrogen-bond acceptors (Lipinski definition) is 4. The lowest BCUT2D eigenvalue weighted by Gasteiger charge is -2.33. The van der Waals surface area contributed by atoms with Gasteiger partial charge in [-0.15, -0.1) is 0 Å². The van der Waals surface area contributed by atoms with Crippen LogP contribution in [0.2, 0.25) is 0 Å². The van der Waals surface area contributed by atoms with E-state index < -0.39 is 0 Å². The Bertz CT molecular complexity index is 710. The number of carbonyl (C=O) groups is 1. The van der Waals surface area contributed by atoms with Gasteiger partial charge in [0.1, 0.15) is 18.4 Å². The number of ether oxygens (including phenoxy) is 1. The first-order valence-corrected chi connectivity index (χ1v) is 8.92. The third kappa shape index (κ3) is 3.45. The lowest BCUT2D eigenvalue weighted by Crippen LogP contribution is -2.45. The zero-order chi connectivity index (χ0) is 17.1. The maximum absolute atomic E-state index is 12.7. The fraction of sp³-hybridized carbons (Fsp3) is 0.500. The summed E-state index contributed by atoms with van der Waals surface area (Å²) in [4.78, 5) is 18.6. The first-order valence-electron chi connectivity index (χ1n) is 8.92. The summed E-state index contributed by atoms with van der Waals surface area (Å²) in [5, 5.41) is 7.42. The molecule has 4 rings (SSSR count). The zero-order valence-corrected chi connectivity index (χ0v) is 14.2. The van der Waals surface area contributed by atoms with Crippen LogP contribution in [0.4, 0.5) is 4.79 Å². The van der Waals surface area contributed by atoms with Crippen LogP contribution < -0.4 is 10.1 Å². The molecule has 3 heterocycles. The van der Waals surface area contributed by atoms with Crippen molar-refractivity contribution in [3.63, 3.8) is 0 Å². The number of para-hydroxylation sites is 1. The molecule has 2 amide bonds. The van der Waals surface area contributed by atoms with E-state index in [0.29, 0.717) is 12.6 Å². The van der Waals surface area contributed by atoms with Gasteiger partial charge >= 0.3 is 6.03 Å². The Morgan fingerprint density at radius 1 is 1.20 bits per heavy atom. The Morgan fingerprint density at radius 3 is 2.84 bits per heavy atom. The van der Waals surface area contributed by atoms with Gasteiger partial charge in [-0.3, -0.25) is 0 Å². The second-order valence-corrected chi connectivity index (χ2v) is 6.62. The maximum atomic E-state index is 12.7. The molecule has 1 aromatic carbocycles. The molecule has 1 atom stereocenters. The predicted molar refractivity (Wildman–Crippen MR) is 92.3 cm³/mol. The molecule has 132 valence electrons. The summed E-state index contributed by atoms with van der Waals surface area (Å²) < 4.78 is 7.68. The molecule has 7 nitrogen and oxygen atoms in total. The molecule has 2 aromatic rings. The van der Waals surface area contributed by atoms with Gasteiger partial charge in [0.25, 0.3) is 0 Å². The summed E-state index contributed by atoms with van der Waals surface area (Å²) in [6, 6.07) is 8.34. The van der Waals surface area contributed by atoms with Gasteiger partial charge in [0.2, 0.25) is 0 Å². The third-order valence-electron chi connectivity index (χ3n) is 5.05. The minimum atomic E-state index is 0.0127. The van der Waals surface area contributed by atoms with E-state index in [1.807, 2.05) is 33.8 Å². The highest BCUT2D eigenvalue weighted by atomic mass is 16.5. The molecule has 2 aliphatic heterocycles. The van der Waals surface area contributed by atoms with Gasteiger partial charge in [-0.25, -0.2) is 14.5 Å². The number of aromatic nitrogens is 3. The average Bonchev–Trinajstić information content (AvgIpc) is 3.12. The van der Waals surface area contributed by atoms with Gasteiger partial charge in [0, 0.05) is 18.7 Å². The smallest absolute Gasteiger partial charge is 0.317 e. The lowest BCUT2D eigenvalue weighted by atomic mass is 10.0. The number of urea groups is 1. The summed E-state index contributed by atoms with van der Waals surface area (Å²) in [5.41, 5.74) is 1.07. The van der Waals surface area contributed by atoms with E-state index in [9.17, 15) is 4.79 Å². The van der Waals surface area contributed by atoms with Crippen molar-refractivity contribution in [3.05, 3.63) is 42.5 Å². The third-order valence-corrected chi connectivity index (χ3v) is 5.05. The molecule has 25 heavy (non-hydrogen) atoms. The number of carbonyl (C=O) groups excluding carboxylic acids is 1. The molecule has 1 aromatic heterocycles. The normalized spacial score (nSPS) is 21.1. The summed E-state index contributed by atoms with van der Waals surface area (Å²) in [6.07, 6.45) is 6.96. The van der Waals surface area contributed by atoms with Crippen LogP contribution in [0.25, 0.3) is 0 Å². The molecular formula is C18H23N5O2. The van der Waals surface area contributed by atoms with Crippen molar-refractivity contribution < 1.29 is 9.53 Å². The van der Waals surface area contributed by atoms with E-state index in [1.54, 1.807) is 12.7 Å². The fourth-order valence-corrected chi connectivity index (χ4v) is 3.65. The average molecular weight is 341 g/mol. The van der Waals surface area contributed by atoms with Crippen LogP contribution in [0.1, 0.15) is 43.3 Å². The molecule has 0 saturated carbocycles. The topological polar surface area (TPSA) is 72.3 Å². The van der Waals surface area contributed by atoms with Gasteiger partial charge in [-0.2, -0.15) is 5.10 Å².